The standard InChI is InChI=1S/C21H21FN2O3/c22-19-7-5-13(10-18(19)21(25)26)17-4-2-1-3-14(17)12-27-16-6-8-20-15(9-16)11-23-24-20/h5-11,14,17H,1-4,12H2,(H,23,24)(H,25,26)/t14-,17-/m0/s1. The van der Waals surface area contributed by atoms with Gasteiger partial charge in [0.1, 0.15) is 11.6 Å². The molecule has 4 rings (SSSR count). The summed E-state index contributed by atoms with van der Waals surface area (Å²) in [6, 6.07) is 10.3. The number of rotatable bonds is 5. The number of nitrogens with one attached hydrogen (secondary N) is 1. The molecule has 0 aliphatic heterocycles. The minimum Gasteiger partial charge on any atom is -0.493 e. The summed E-state index contributed by atoms with van der Waals surface area (Å²) in [6.07, 6.45) is 5.94. The Morgan fingerprint density at radius 1 is 1.22 bits per heavy atom. The first-order valence-corrected chi connectivity index (χ1v) is 9.20. The number of fused-ring (bicyclic) bond motifs is 1. The van der Waals surface area contributed by atoms with Crippen LogP contribution in [0.15, 0.2) is 42.6 Å². The van der Waals surface area contributed by atoms with Gasteiger partial charge in [0, 0.05) is 5.39 Å². The number of benzene rings is 2. The van der Waals surface area contributed by atoms with Crippen LogP contribution in [-0.2, 0) is 0 Å². The molecule has 1 aliphatic rings. The van der Waals surface area contributed by atoms with Gasteiger partial charge in [-0.3, -0.25) is 5.10 Å². The molecular formula is C21H21FN2O3. The van der Waals surface area contributed by atoms with Crippen molar-refractivity contribution in [3.63, 3.8) is 0 Å². The molecule has 1 fully saturated rings. The number of carboxylic acid groups (broad SMARTS) is 1. The third-order valence-corrected chi connectivity index (χ3v) is 5.43. The normalized spacial score (nSPS) is 19.9. The van der Waals surface area contributed by atoms with Gasteiger partial charge in [-0.2, -0.15) is 5.10 Å². The van der Waals surface area contributed by atoms with Crippen LogP contribution in [0.4, 0.5) is 4.39 Å². The van der Waals surface area contributed by atoms with E-state index in [0.717, 1.165) is 47.9 Å². The van der Waals surface area contributed by atoms with E-state index in [9.17, 15) is 14.3 Å². The molecule has 1 heterocycles. The lowest BCUT2D eigenvalue weighted by molar-refractivity contribution is 0.0691. The van der Waals surface area contributed by atoms with Crippen molar-refractivity contribution in [2.75, 3.05) is 6.61 Å². The molecule has 0 amide bonds. The summed E-state index contributed by atoms with van der Waals surface area (Å²) in [7, 11) is 0. The minimum absolute atomic E-state index is 0.176. The monoisotopic (exact) mass is 368 g/mol. The number of aromatic nitrogens is 2. The average Bonchev–Trinajstić information content (AvgIpc) is 3.14. The summed E-state index contributed by atoms with van der Waals surface area (Å²) in [5, 5.41) is 17.1. The molecule has 2 N–H and O–H groups in total. The van der Waals surface area contributed by atoms with Crippen LogP contribution in [0.2, 0.25) is 0 Å². The summed E-state index contributed by atoms with van der Waals surface area (Å²) in [5.41, 5.74) is 1.58. The molecule has 0 unspecified atom stereocenters. The van der Waals surface area contributed by atoms with Gasteiger partial charge in [0.15, 0.2) is 0 Å². The van der Waals surface area contributed by atoms with E-state index in [1.807, 2.05) is 18.2 Å². The highest BCUT2D eigenvalue weighted by Crippen LogP contribution is 2.38. The Kier molecular flexibility index (Phi) is 4.79. The van der Waals surface area contributed by atoms with Gasteiger partial charge in [0.2, 0.25) is 0 Å². The van der Waals surface area contributed by atoms with E-state index in [2.05, 4.69) is 10.2 Å². The summed E-state index contributed by atoms with van der Waals surface area (Å²) in [6.45, 7) is 0.549. The van der Waals surface area contributed by atoms with E-state index in [1.54, 1.807) is 12.3 Å². The van der Waals surface area contributed by atoms with Crippen molar-refractivity contribution in [1.82, 2.24) is 10.2 Å². The Morgan fingerprint density at radius 3 is 2.93 bits per heavy atom. The zero-order valence-electron chi connectivity index (χ0n) is 14.8. The largest absolute Gasteiger partial charge is 0.493 e. The van der Waals surface area contributed by atoms with E-state index in [4.69, 9.17) is 4.74 Å². The number of H-pyrrole nitrogens is 1. The predicted octanol–water partition coefficient (Wildman–Crippen LogP) is 4.75. The Balaban J connectivity index is 1.52. The van der Waals surface area contributed by atoms with Crippen LogP contribution >= 0.6 is 0 Å². The summed E-state index contributed by atoms with van der Waals surface area (Å²) in [4.78, 5) is 11.3. The first-order chi connectivity index (χ1) is 13.1. The van der Waals surface area contributed by atoms with E-state index in [-0.39, 0.29) is 17.4 Å². The molecule has 1 saturated carbocycles. The lowest BCUT2D eigenvalue weighted by atomic mass is 9.75. The number of halogens is 1. The van der Waals surface area contributed by atoms with Gasteiger partial charge in [0.05, 0.1) is 23.9 Å². The van der Waals surface area contributed by atoms with Gasteiger partial charge < -0.3 is 9.84 Å². The maximum absolute atomic E-state index is 13.7. The molecule has 2 atom stereocenters. The van der Waals surface area contributed by atoms with Crippen LogP contribution in [0, 0.1) is 11.7 Å². The quantitative estimate of drug-likeness (QED) is 0.681. The van der Waals surface area contributed by atoms with Crippen molar-refractivity contribution in [3.8, 4) is 5.75 Å². The van der Waals surface area contributed by atoms with Gasteiger partial charge in [-0.25, -0.2) is 9.18 Å². The fourth-order valence-electron chi connectivity index (χ4n) is 4.00. The smallest absolute Gasteiger partial charge is 0.338 e. The molecule has 2 aromatic carbocycles. The van der Waals surface area contributed by atoms with Gasteiger partial charge >= 0.3 is 5.97 Å². The van der Waals surface area contributed by atoms with Crippen LogP contribution < -0.4 is 4.74 Å². The number of aromatic amines is 1. The van der Waals surface area contributed by atoms with Gasteiger partial charge in [-0.15, -0.1) is 0 Å². The minimum atomic E-state index is -1.23. The molecular weight excluding hydrogens is 347 g/mol. The maximum atomic E-state index is 13.7. The Morgan fingerprint density at radius 2 is 2.07 bits per heavy atom. The molecule has 140 valence electrons. The number of carboxylic acids is 1. The highest BCUT2D eigenvalue weighted by molar-refractivity contribution is 5.88. The van der Waals surface area contributed by atoms with Crippen molar-refractivity contribution in [3.05, 3.63) is 59.5 Å². The Labute approximate surface area is 156 Å². The highest BCUT2D eigenvalue weighted by Gasteiger charge is 2.28. The average molecular weight is 368 g/mol. The van der Waals surface area contributed by atoms with Crippen molar-refractivity contribution in [2.45, 2.75) is 31.6 Å². The van der Waals surface area contributed by atoms with Crippen molar-refractivity contribution in [2.24, 2.45) is 5.92 Å². The second-order valence-corrected chi connectivity index (χ2v) is 7.13. The van der Waals surface area contributed by atoms with Gasteiger partial charge in [-0.1, -0.05) is 18.9 Å². The molecule has 6 heteroatoms. The fraction of sp³-hybridized carbons (Fsp3) is 0.333. The Bertz CT molecular complexity index is 969. The van der Waals surface area contributed by atoms with Crippen molar-refractivity contribution >= 4 is 16.9 Å². The fourth-order valence-corrected chi connectivity index (χ4v) is 4.00. The van der Waals surface area contributed by atoms with Gasteiger partial charge in [0.25, 0.3) is 0 Å². The summed E-state index contributed by atoms with van der Waals surface area (Å²) in [5.74, 6) is -0.686. The van der Waals surface area contributed by atoms with Crippen LogP contribution in [0.3, 0.4) is 0 Å². The number of hydrogen-bond acceptors (Lipinski definition) is 3. The molecule has 1 aromatic heterocycles. The number of hydrogen-bond donors (Lipinski definition) is 2. The molecule has 5 nitrogen and oxygen atoms in total. The molecule has 0 spiro atoms. The van der Waals surface area contributed by atoms with E-state index < -0.39 is 11.8 Å². The molecule has 27 heavy (non-hydrogen) atoms. The predicted molar refractivity (Wildman–Crippen MR) is 99.6 cm³/mol. The first kappa shape index (κ1) is 17.5. The number of carbonyl (C=O) groups is 1. The third-order valence-electron chi connectivity index (χ3n) is 5.43. The van der Waals surface area contributed by atoms with E-state index in [1.165, 1.54) is 12.1 Å². The van der Waals surface area contributed by atoms with Gasteiger partial charge in [-0.05, 0) is 60.6 Å². The van der Waals surface area contributed by atoms with Crippen LogP contribution in [0.5, 0.6) is 5.75 Å². The van der Waals surface area contributed by atoms with E-state index >= 15 is 0 Å². The summed E-state index contributed by atoms with van der Waals surface area (Å²) < 4.78 is 19.8. The van der Waals surface area contributed by atoms with Crippen molar-refractivity contribution in [1.29, 1.82) is 0 Å². The van der Waals surface area contributed by atoms with E-state index in [0.29, 0.717) is 6.61 Å². The molecule has 1 aliphatic carbocycles. The molecule has 3 aromatic rings. The topological polar surface area (TPSA) is 75.2 Å². The lowest BCUT2D eigenvalue weighted by Gasteiger charge is -2.32. The zero-order chi connectivity index (χ0) is 18.8. The van der Waals surface area contributed by atoms with Crippen LogP contribution in [0.1, 0.15) is 47.5 Å². The number of nitrogens with zero attached hydrogens (tertiary/aromatic N) is 1. The number of aromatic carboxylic acids is 1. The highest BCUT2D eigenvalue weighted by atomic mass is 19.1. The van der Waals surface area contributed by atoms with Crippen molar-refractivity contribution < 1.29 is 19.0 Å². The second-order valence-electron chi connectivity index (χ2n) is 7.13. The summed E-state index contributed by atoms with van der Waals surface area (Å²) >= 11 is 0. The number of ether oxygens (including phenoxy) is 1. The SMILES string of the molecule is O=C(O)c1cc([C@@H]2CCCC[C@H]2COc2ccc3[nH]ncc3c2)ccc1F. The molecule has 0 bridgehead atoms. The lowest BCUT2D eigenvalue weighted by Crippen LogP contribution is -2.24. The van der Waals surface area contributed by atoms with Crippen LogP contribution in [-0.4, -0.2) is 27.9 Å². The second kappa shape index (κ2) is 7.39. The molecule has 0 radical (unpaired) electrons. The Hall–Kier alpha value is -2.89. The third kappa shape index (κ3) is 3.65. The van der Waals surface area contributed by atoms with Crippen LogP contribution in [0.25, 0.3) is 10.9 Å². The first-order valence-electron chi connectivity index (χ1n) is 9.20. The zero-order valence-corrected chi connectivity index (χ0v) is 14.8. The maximum Gasteiger partial charge on any atom is 0.338 e. The molecule has 0 saturated heterocycles.